The first-order valence-electron chi connectivity index (χ1n) is 7.76. The Bertz CT molecular complexity index is 718. The minimum atomic E-state index is -0.476. The van der Waals surface area contributed by atoms with Gasteiger partial charge in [0.25, 0.3) is 5.56 Å². The molecule has 0 bridgehead atoms. The minimum absolute atomic E-state index is 0.0314. The third kappa shape index (κ3) is 2.99. The van der Waals surface area contributed by atoms with Crippen molar-refractivity contribution in [3.05, 3.63) is 40.6 Å². The van der Waals surface area contributed by atoms with E-state index in [1.165, 1.54) is 6.07 Å². The Hall–Kier alpha value is -1.88. The Morgan fingerprint density at radius 1 is 1.32 bits per heavy atom. The van der Waals surface area contributed by atoms with E-state index >= 15 is 0 Å². The highest BCUT2D eigenvalue weighted by molar-refractivity contribution is 5.82. The van der Waals surface area contributed by atoms with Crippen LogP contribution in [-0.4, -0.2) is 35.1 Å². The lowest BCUT2D eigenvalue weighted by atomic mass is 10.1. The summed E-state index contributed by atoms with van der Waals surface area (Å²) in [5, 5.41) is 1.04. The number of rotatable bonds is 3. The van der Waals surface area contributed by atoms with Crippen molar-refractivity contribution in [2.75, 3.05) is 13.1 Å². The Morgan fingerprint density at radius 3 is 2.73 bits per heavy atom. The Morgan fingerprint density at radius 2 is 2.05 bits per heavy atom. The summed E-state index contributed by atoms with van der Waals surface area (Å²) in [6, 6.07) is 5.16. The maximum atomic E-state index is 14.2. The summed E-state index contributed by atoms with van der Waals surface area (Å²) in [5.74, 6) is -0.239. The fourth-order valence-corrected chi connectivity index (χ4v) is 2.97. The molecule has 1 aliphatic heterocycles. The van der Waals surface area contributed by atoms with Crippen molar-refractivity contribution in [2.24, 2.45) is 0 Å². The van der Waals surface area contributed by atoms with E-state index in [0.717, 1.165) is 25.9 Å². The number of ether oxygens (including phenoxy) is 1. The summed E-state index contributed by atoms with van der Waals surface area (Å²) in [6.07, 6.45) is 3.38. The van der Waals surface area contributed by atoms with Gasteiger partial charge in [-0.15, -0.1) is 0 Å². The highest BCUT2D eigenvalue weighted by Gasteiger charge is 2.23. The van der Waals surface area contributed by atoms with Crippen LogP contribution in [-0.2, 0) is 0 Å². The van der Waals surface area contributed by atoms with Crippen LogP contribution in [0.3, 0.4) is 0 Å². The second kappa shape index (κ2) is 6.08. The van der Waals surface area contributed by atoms with Gasteiger partial charge in [-0.3, -0.25) is 4.79 Å². The van der Waals surface area contributed by atoms with Gasteiger partial charge in [-0.2, -0.15) is 0 Å². The van der Waals surface area contributed by atoms with Gasteiger partial charge in [0.1, 0.15) is 6.10 Å². The number of piperidine rings is 1. The third-order valence-corrected chi connectivity index (χ3v) is 4.33. The first-order valence-corrected chi connectivity index (χ1v) is 7.76. The van der Waals surface area contributed by atoms with Gasteiger partial charge >= 0.3 is 0 Å². The molecule has 22 heavy (non-hydrogen) atoms. The number of hydrogen-bond acceptors (Lipinski definition) is 3. The number of likely N-dealkylation sites (tertiary alicyclic amines) is 1. The van der Waals surface area contributed by atoms with Crippen molar-refractivity contribution in [1.82, 2.24) is 9.88 Å². The average Bonchev–Trinajstić information content (AvgIpc) is 2.50. The van der Waals surface area contributed by atoms with Crippen LogP contribution in [0.2, 0.25) is 0 Å². The molecule has 0 unspecified atom stereocenters. The number of nitrogens with one attached hydrogen (secondary N) is 1. The molecule has 1 N–H and O–H groups in total. The fourth-order valence-electron chi connectivity index (χ4n) is 2.97. The molecular weight excluding hydrogens is 283 g/mol. The van der Waals surface area contributed by atoms with Gasteiger partial charge in [0.2, 0.25) is 0 Å². The van der Waals surface area contributed by atoms with Crippen LogP contribution >= 0.6 is 0 Å². The molecule has 1 fully saturated rings. The van der Waals surface area contributed by atoms with Gasteiger partial charge < -0.3 is 14.6 Å². The van der Waals surface area contributed by atoms with Crippen LogP contribution in [0.25, 0.3) is 10.8 Å². The summed E-state index contributed by atoms with van der Waals surface area (Å²) >= 11 is 0. The van der Waals surface area contributed by atoms with Crippen LogP contribution < -0.4 is 10.3 Å². The van der Waals surface area contributed by atoms with Crippen molar-refractivity contribution < 1.29 is 9.13 Å². The third-order valence-electron chi connectivity index (χ3n) is 4.33. The lowest BCUT2D eigenvalue weighted by Crippen LogP contribution is -2.41. The molecule has 0 radical (unpaired) electrons. The number of fused-ring (bicyclic) bond motifs is 1. The van der Waals surface area contributed by atoms with Crippen LogP contribution in [0, 0.1) is 5.82 Å². The molecule has 2 heterocycles. The lowest BCUT2D eigenvalue weighted by Gasteiger charge is -2.34. The van der Waals surface area contributed by atoms with Crippen LogP contribution in [0.5, 0.6) is 5.75 Å². The van der Waals surface area contributed by atoms with Crippen LogP contribution in [0.1, 0.15) is 26.7 Å². The maximum absolute atomic E-state index is 14.2. The number of nitrogens with zero attached hydrogens (tertiary/aromatic N) is 1. The predicted octanol–water partition coefficient (Wildman–Crippen LogP) is 2.92. The zero-order valence-electron chi connectivity index (χ0n) is 12.9. The van der Waals surface area contributed by atoms with Gasteiger partial charge in [0, 0.05) is 25.3 Å². The fraction of sp³-hybridized carbons (Fsp3) is 0.471. The normalized spacial score (nSPS) is 17.3. The van der Waals surface area contributed by atoms with Crippen molar-refractivity contribution in [1.29, 1.82) is 0 Å². The molecule has 0 spiro atoms. The first kappa shape index (κ1) is 15.0. The molecule has 0 atom stereocenters. The molecule has 0 amide bonds. The quantitative estimate of drug-likeness (QED) is 0.948. The average molecular weight is 304 g/mol. The molecule has 1 aromatic heterocycles. The molecule has 1 saturated heterocycles. The Balaban J connectivity index is 1.77. The van der Waals surface area contributed by atoms with E-state index in [4.69, 9.17) is 4.74 Å². The largest absolute Gasteiger partial charge is 0.487 e. The van der Waals surface area contributed by atoms with E-state index in [-0.39, 0.29) is 17.4 Å². The molecule has 1 aliphatic rings. The zero-order chi connectivity index (χ0) is 15.7. The van der Waals surface area contributed by atoms with Gasteiger partial charge in [0.15, 0.2) is 11.6 Å². The molecular formula is C17H21FN2O2. The molecule has 2 aromatic rings. The lowest BCUT2D eigenvalue weighted by molar-refractivity contribution is 0.0817. The number of halogens is 1. The molecule has 3 rings (SSSR count). The number of hydrogen-bond donors (Lipinski definition) is 1. The molecule has 5 heteroatoms. The van der Waals surface area contributed by atoms with Gasteiger partial charge in [-0.25, -0.2) is 4.39 Å². The summed E-state index contributed by atoms with van der Waals surface area (Å²) in [7, 11) is 0. The number of aromatic nitrogens is 1. The maximum Gasteiger partial charge on any atom is 0.255 e. The second-order valence-corrected chi connectivity index (χ2v) is 6.12. The van der Waals surface area contributed by atoms with Crippen LogP contribution in [0.15, 0.2) is 29.2 Å². The van der Waals surface area contributed by atoms with E-state index in [1.54, 1.807) is 18.3 Å². The number of aromatic amines is 1. The van der Waals surface area contributed by atoms with Gasteiger partial charge in [-0.05, 0) is 50.3 Å². The van der Waals surface area contributed by atoms with E-state index in [2.05, 4.69) is 23.7 Å². The highest BCUT2D eigenvalue weighted by Crippen LogP contribution is 2.26. The van der Waals surface area contributed by atoms with E-state index < -0.39 is 5.82 Å². The standard InChI is InChI=1S/C17H21FN2O2/c1-11(2)20-7-4-13(5-8-20)22-16-9-12-3-6-19-17(21)14(12)10-15(16)18/h3,6,9-11,13H,4-5,7-8H2,1-2H3,(H,19,21). The van der Waals surface area contributed by atoms with Crippen LogP contribution in [0.4, 0.5) is 4.39 Å². The number of benzene rings is 1. The van der Waals surface area contributed by atoms with Crippen molar-refractivity contribution in [3.8, 4) is 5.75 Å². The smallest absolute Gasteiger partial charge is 0.255 e. The summed E-state index contributed by atoms with van der Waals surface area (Å²) in [5.41, 5.74) is -0.284. The molecule has 4 nitrogen and oxygen atoms in total. The highest BCUT2D eigenvalue weighted by atomic mass is 19.1. The summed E-state index contributed by atoms with van der Waals surface area (Å²) < 4.78 is 20.0. The molecule has 0 aliphatic carbocycles. The SMILES string of the molecule is CC(C)N1CCC(Oc2cc3cc[nH]c(=O)c3cc2F)CC1. The minimum Gasteiger partial charge on any atom is -0.487 e. The number of H-pyrrole nitrogens is 1. The molecule has 118 valence electrons. The van der Waals surface area contributed by atoms with Gasteiger partial charge in [-0.1, -0.05) is 0 Å². The summed E-state index contributed by atoms with van der Waals surface area (Å²) in [6.45, 7) is 6.30. The Labute approximate surface area is 128 Å². The Kier molecular flexibility index (Phi) is 4.16. The monoisotopic (exact) mass is 304 g/mol. The van der Waals surface area contributed by atoms with Crippen molar-refractivity contribution >= 4 is 10.8 Å². The topological polar surface area (TPSA) is 45.3 Å². The van der Waals surface area contributed by atoms with E-state index in [1.807, 2.05) is 0 Å². The van der Waals surface area contributed by atoms with E-state index in [0.29, 0.717) is 16.8 Å². The summed E-state index contributed by atoms with van der Waals surface area (Å²) in [4.78, 5) is 16.6. The first-order chi connectivity index (χ1) is 10.5. The van der Waals surface area contributed by atoms with Crippen molar-refractivity contribution in [3.63, 3.8) is 0 Å². The second-order valence-electron chi connectivity index (χ2n) is 6.12. The van der Waals surface area contributed by atoms with Crippen molar-refractivity contribution in [2.45, 2.75) is 38.8 Å². The zero-order valence-corrected chi connectivity index (χ0v) is 12.9. The molecule has 1 aromatic carbocycles. The predicted molar refractivity (Wildman–Crippen MR) is 84.9 cm³/mol. The van der Waals surface area contributed by atoms with Gasteiger partial charge in [0.05, 0.1) is 5.39 Å². The molecule has 0 saturated carbocycles. The number of pyridine rings is 1. The van der Waals surface area contributed by atoms with E-state index in [9.17, 15) is 9.18 Å².